The molecule has 2 aromatic rings. The Kier molecular flexibility index (Phi) is 4.08. The average molecular weight is 418 g/mol. The van der Waals surface area contributed by atoms with Gasteiger partial charge in [0.25, 0.3) is 0 Å². The Labute approximate surface area is 141 Å². The molecule has 0 fully saturated rings. The number of hydrogen-bond donors (Lipinski definition) is 1. The van der Waals surface area contributed by atoms with Crippen molar-refractivity contribution in [2.45, 2.75) is 19.8 Å². The van der Waals surface area contributed by atoms with Crippen LogP contribution in [0, 0.1) is 3.57 Å². The number of halogens is 2. The molecule has 2 N–H and O–H groups in total. The van der Waals surface area contributed by atoms with Gasteiger partial charge in [0.1, 0.15) is 5.82 Å². The number of anilines is 1. The third-order valence-corrected chi connectivity index (χ3v) is 4.57. The molecule has 1 aliphatic heterocycles. The van der Waals surface area contributed by atoms with Gasteiger partial charge in [-0.05, 0) is 41.1 Å². The average Bonchev–Trinajstić information content (AvgIpc) is 2.92. The molecule has 0 unspecified atom stereocenters. The number of rotatable bonds is 3. The first-order valence-corrected chi connectivity index (χ1v) is 7.97. The van der Waals surface area contributed by atoms with Crippen LogP contribution in [0.25, 0.3) is 11.4 Å². The third-order valence-electron chi connectivity index (χ3n) is 3.12. The molecule has 0 spiro atoms. The van der Waals surface area contributed by atoms with Gasteiger partial charge in [-0.15, -0.1) is 0 Å². The number of nitrogens with zero attached hydrogens (tertiary/aromatic N) is 2. The minimum absolute atomic E-state index is 0.176. The van der Waals surface area contributed by atoms with Gasteiger partial charge in [-0.3, -0.25) is 0 Å². The number of nitrogen functional groups attached to an aromatic ring is 1. The first kappa shape index (κ1) is 14.6. The van der Waals surface area contributed by atoms with Gasteiger partial charge >= 0.3 is 0 Å². The number of benzene rings is 1. The van der Waals surface area contributed by atoms with Gasteiger partial charge in [-0.2, -0.15) is 0 Å². The van der Waals surface area contributed by atoms with Crippen molar-refractivity contribution in [2.24, 2.45) is 0 Å². The van der Waals surface area contributed by atoms with Crippen LogP contribution in [0.15, 0.2) is 12.1 Å². The molecule has 7 heteroatoms. The molecule has 1 aromatic carbocycles. The number of aryl methyl sites for hydroxylation is 1. The summed E-state index contributed by atoms with van der Waals surface area (Å²) >= 11 is 8.38. The van der Waals surface area contributed by atoms with E-state index in [1.165, 1.54) is 0 Å². The SMILES string of the molecule is CCCc1nc(-c2cc(Cl)c3c(c2)OCO3)nc(N)c1I. The van der Waals surface area contributed by atoms with Crippen molar-refractivity contribution in [3.8, 4) is 22.9 Å². The second-order valence-corrected chi connectivity index (χ2v) is 6.12. The highest BCUT2D eigenvalue weighted by Gasteiger charge is 2.20. The summed E-state index contributed by atoms with van der Waals surface area (Å²) in [6, 6.07) is 3.60. The van der Waals surface area contributed by atoms with E-state index in [0.717, 1.165) is 27.7 Å². The molecule has 1 aliphatic rings. The predicted octanol–water partition coefficient (Wildman–Crippen LogP) is 3.67. The fourth-order valence-electron chi connectivity index (χ4n) is 2.14. The van der Waals surface area contributed by atoms with Gasteiger partial charge in [0.2, 0.25) is 6.79 Å². The van der Waals surface area contributed by atoms with Crippen LogP contribution in [0.3, 0.4) is 0 Å². The van der Waals surface area contributed by atoms with Gasteiger partial charge in [0, 0.05) is 5.56 Å². The van der Waals surface area contributed by atoms with Gasteiger partial charge in [0.15, 0.2) is 17.3 Å². The second-order valence-electron chi connectivity index (χ2n) is 4.63. The normalized spacial score (nSPS) is 12.7. The molecule has 0 radical (unpaired) electrons. The molecule has 0 atom stereocenters. The van der Waals surface area contributed by atoms with Gasteiger partial charge < -0.3 is 15.2 Å². The Hall–Kier alpha value is -1.28. The number of nitrogens with two attached hydrogens (primary N) is 1. The van der Waals surface area contributed by atoms with Crippen molar-refractivity contribution in [1.82, 2.24) is 9.97 Å². The van der Waals surface area contributed by atoms with Crippen molar-refractivity contribution in [1.29, 1.82) is 0 Å². The molecular weight excluding hydrogens is 405 g/mol. The van der Waals surface area contributed by atoms with Crippen LogP contribution in [0.5, 0.6) is 11.5 Å². The lowest BCUT2D eigenvalue weighted by atomic mass is 10.1. The topological polar surface area (TPSA) is 70.3 Å². The molecule has 0 saturated carbocycles. The Morgan fingerprint density at radius 3 is 2.90 bits per heavy atom. The maximum absolute atomic E-state index is 6.20. The highest BCUT2D eigenvalue weighted by molar-refractivity contribution is 14.1. The lowest BCUT2D eigenvalue weighted by Crippen LogP contribution is -2.05. The van der Waals surface area contributed by atoms with E-state index in [4.69, 9.17) is 26.8 Å². The van der Waals surface area contributed by atoms with Crippen molar-refractivity contribution >= 4 is 40.0 Å². The highest BCUT2D eigenvalue weighted by Crippen LogP contribution is 2.42. The van der Waals surface area contributed by atoms with Crippen molar-refractivity contribution in [3.63, 3.8) is 0 Å². The van der Waals surface area contributed by atoms with E-state index >= 15 is 0 Å². The number of ether oxygens (including phenoxy) is 2. The minimum Gasteiger partial charge on any atom is -0.454 e. The molecule has 110 valence electrons. The predicted molar refractivity (Wildman–Crippen MR) is 89.7 cm³/mol. The Bertz CT molecular complexity index is 709. The summed E-state index contributed by atoms with van der Waals surface area (Å²) < 4.78 is 11.6. The van der Waals surface area contributed by atoms with E-state index in [0.29, 0.717) is 28.2 Å². The van der Waals surface area contributed by atoms with Crippen LogP contribution >= 0.6 is 34.2 Å². The molecule has 0 bridgehead atoms. The molecule has 21 heavy (non-hydrogen) atoms. The zero-order valence-corrected chi connectivity index (χ0v) is 14.2. The first-order chi connectivity index (χ1) is 10.1. The summed E-state index contributed by atoms with van der Waals surface area (Å²) in [7, 11) is 0. The van der Waals surface area contributed by atoms with E-state index in [2.05, 4.69) is 39.5 Å². The number of fused-ring (bicyclic) bond motifs is 1. The van der Waals surface area contributed by atoms with Crippen LogP contribution in [-0.2, 0) is 6.42 Å². The van der Waals surface area contributed by atoms with Crippen LogP contribution in [-0.4, -0.2) is 16.8 Å². The Morgan fingerprint density at radius 2 is 2.14 bits per heavy atom. The third kappa shape index (κ3) is 2.74. The second kappa shape index (κ2) is 5.84. The number of aromatic nitrogens is 2. The smallest absolute Gasteiger partial charge is 0.231 e. The Balaban J connectivity index is 2.10. The first-order valence-electron chi connectivity index (χ1n) is 6.51. The van der Waals surface area contributed by atoms with Crippen molar-refractivity contribution < 1.29 is 9.47 Å². The lowest BCUT2D eigenvalue weighted by molar-refractivity contribution is 0.174. The minimum atomic E-state index is 0.176. The molecule has 0 amide bonds. The van der Waals surface area contributed by atoms with E-state index in [1.54, 1.807) is 6.07 Å². The van der Waals surface area contributed by atoms with E-state index in [9.17, 15) is 0 Å². The quantitative estimate of drug-likeness (QED) is 0.772. The molecule has 0 aliphatic carbocycles. The zero-order chi connectivity index (χ0) is 15.0. The van der Waals surface area contributed by atoms with E-state index in [-0.39, 0.29) is 6.79 Å². The maximum atomic E-state index is 6.20. The molecule has 0 saturated heterocycles. The van der Waals surface area contributed by atoms with Gasteiger partial charge in [-0.25, -0.2) is 9.97 Å². The molecular formula is C14H13ClIN3O2. The Morgan fingerprint density at radius 1 is 1.33 bits per heavy atom. The molecule has 3 rings (SSSR count). The van der Waals surface area contributed by atoms with Gasteiger partial charge in [0.05, 0.1) is 14.3 Å². The fourth-order valence-corrected chi connectivity index (χ4v) is 2.92. The van der Waals surface area contributed by atoms with Crippen LogP contribution in [0.2, 0.25) is 5.02 Å². The highest BCUT2D eigenvalue weighted by atomic mass is 127. The van der Waals surface area contributed by atoms with Crippen molar-refractivity contribution in [3.05, 3.63) is 26.4 Å². The maximum Gasteiger partial charge on any atom is 0.231 e. The van der Waals surface area contributed by atoms with Crippen LogP contribution in [0.1, 0.15) is 19.0 Å². The van der Waals surface area contributed by atoms with E-state index in [1.807, 2.05) is 6.07 Å². The zero-order valence-electron chi connectivity index (χ0n) is 11.3. The summed E-state index contributed by atoms with van der Waals surface area (Å²) in [4.78, 5) is 8.96. The standard InChI is InChI=1S/C14H13ClIN3O2/c1-2-3-9-11(16)13(17)19-14(18-9)7-4-8(15)12-10(5-7)20-6-21-12/h4-5H,2-3,6H2,1H3,(H2,17,18,19). The molecule has 2 heterocycles. The lowest BCUT2D eigenvalue weighted by Gasteiger charge is -2.09. The van der Waals surface area contributed by atoms with Gasteiger partial charge in [-0.1, -0.05) is 24.9 Å². The summed E-state index contributed by atoms with van der Waals surface area (Å²) in [6.45, 7) is 2.28. The van der Waals surface area contributed by atoms with E-state index < -0.39 is 0 Å². The van der Waals surface area contributed by atoms with Crippen molar-refractivity contribution in [2.75, 3.05) is 12.5 Å². The molecule has 5 nitrogen and oxygen atoms in total. The fraction of sp³-hybridized carbons (Fsp3) is 0.286. The molecule has 1 aromatic heterocycles. The number of hydrogen-bond acceptors (Lipinski definition) is 5. The summed E-state index contributed by atoms with van der Waals surface area (Å²) in [5.41, 5.74) is 7.71. The summed E-state index contributed by atoms with van der Waals surface area (Å²) in [5.74, 6) is 2.21. The monoisotopic (exact) mass is 417 g/mol. The van der Waals surface area contributed by atoms with Crippen LogP contribution in [0.4, 0.5) is 5.82 Å². The summed E-state index contributed by atoms with van der Waals surface area (Å²) in [6.07, 6.45) is 1.85. The largest absolute Gasteiger partial charge is 0.454 e. The summed E-state index contributed by atoms with van der Waals surface area (Å²) in [5, 5.41) is 0.484. The van der Waals surface area contributed by atoms with Crippen LogP contribution < -0.4 is 15.2 Å².